The molecule has 1 aliphatic rings. The summed E-state index contributed by atoms with van der Waals surface area (Å²) in [5.41, 5.74) is 10.9. The number of aromatic nitrogens is 3. The molecule has 5 N–H and O–H groups in total. The average Bonchev–Trinajstić information content (AvgIpc) is 3.67. The van der Waals surface area contributed by atoms with Crippen molar-refractivity contribution in [3.63, 3.8) is 0 Å². The number of benzene rings is 2. The Bertz CT molecular complexity index is 1850. The van der Waals surface area contributed by atoms with Crippen molar-refractivity contribution < 1.29 is 37.4 Å². The van der Waals surface area contributed by atoms with Crippen molar-refractivity contribution in [1.82, 2.24) is 25.2 Å². The van der Waals surface area contributed by atoms with E-state index >= 15 is 0 Å². The number of halogens is 3. The van der Waals surface area contributed by atoms with Crippen molar-refractivity contribution >= 4 is 40.4 Å². The Hall–Kier alpha value is -5.34. The van der Waals surface area contributed by atoms with Gasteiger partial charge in [-0.1, -0.05) is 43.9 Å². The second kappa shape index (κ2) is 17.1. The highest BCUT2D eigenvalue weighted by Crippen LogP contribution is 2.37. The van der Waals surface area contributed by atoms with E-state index in [-0.39, 0.29) is 24.0 Å². The smallest absolute Gasteiger partial charge is 0.465 e. The topological polar surface area (TPSA) is 165 Å². The van der Waals surface area contributed by atoms with E-state index in [1.807, 2.05) is 29.0 Å². The number of carbonyl (C=O) groups excluding carboxylic acids is 2. The highest BCUT2D eigenvalue weighted by atomic mass is 19.4. The van der Waals surface area contributed by atoms with Crippen LogP contribution in [0.15, 0.2) is 55.0 Å². The lowest BCUT2D eigenvalue weighted by atomic mass is 10.0. The number of anilines is 2. The van der Waals surface area contributed by atoms with Crippen LogP contribution < -0.4 is 26.0 Å². The molecule has 4 aromatic rings. The third kappa shape index (κ3) is 10.3. The van der Waals surface area contributed by atoms with Gasteiger partial charge in [0.25, 0.3) is 0 Å². The van der Waals surface area contributed by atoms with Crippen LogP contribution in [0.2, 0.25) is 0 Å². The zero-order valence-corrected chi connectivity index (χ0v) is 28.2. The number of hydrogen-bond acceptors (Lipinski definition) is 7. The number of amides is 3. The summed E-state index contributed by atoms with van der Waals surface area (Å²) in [6.07, 6.45) is 4.82. The molecule has 0 fully saturated rings. The molecular weight excluding hydrogens is 667 g/mol. The van der Waals surface area contributed by atoms with Gasteiger partial charge in [-0.25, -0.2) is 14.8 Å². The van der Waals surface area contributed by atoms with E-state index in [4.69, 9.17) is 10.8 Å². The predicted octanol–water partition coefficient (Wildman–Crippen LogP) is 6.22. The molecular formula is C36H42F3N7O5. The quantitative estimate of drug-likeness (QED) is 0.0940. The molecule has 5 rings (SSSR count). The van der Waals surface area contributed by atoms with Gasteiger partial charge in [-0.2, -0.15) is 0 Å². The minimum Gasteiger partial charge on any atom is -0.465 e. The number of nitrogens with two attached hydrogens (primary N) is 1. The van der Waals surface area contributed by atoms with Gasteiger partial charge < -0.3 is 35.7 Å². The summed E-state index contributed by atoms with van der Waals surface area (Å²) in [7, 11) is 0. The molecule has 15 heteroatoms. The summed E-state index contributed by atoms with van der Waals surface area (Å²) in [5.74, 6) is -0.244. The Balaban J connectivity index is 1.14. The van der Waals surface area contributed by atoms with Gasteiger partial charge in [0.15, 0.2) is 0 Å². The summed E-state index contributed by atoms with van der Waals surface area (Å²) >= 11 is 0. The number of ether oxygens (including phenoxy) is 1. The van der Waals surface area contributed by atoms with E-state index < -0.39 is 12.5 Å². The summed E-state index contributed by atoms with van der Waals surface area (Å²) in [6.45, 7) is 2.01. The summed E-state index contributed by atoms with van der Waals surface area (Å²) in [4.78, 5) is 46.4. The van der Waals surface area contributed by atoms with Crippen molar-refractivity contribution in [2.24, 2.45) is 0 Å². The fourth-order valence-electron chi connectivity index (χ4n) is 6.37. The molecule has 3 heterocycles. The summed E-state index contributed by atoms with van der Waals surface area (Å²) < 4.78 is 44.0. The second-order valence-corrected chi connectivity index (χ2v) is 12.5. The Kier molecular flexibility index (Phi) is 12.3. The molecule has 0 unspecified atom stereocenters. The number of rotatable bonds is 17. The molecule has 12 nitrogen and oxygen atoms in total. The largest absolute Gasteiger partial charge is 0.573 e. The molecule has 0 saturated heterocycles. The number of aryl methyl sites for hydroxylation is 1. The van der Waals surface area contributed by atoms with Crippen molar-refractivity contribution in [3.8, 4) is 16.9 Å². The fraction of sp³-hybridized carbons (Fsp3) is 0.417. The van der Waals surface area contributed by atoms with Crippen LogP contribution in [0.25, 0.3) is 22.2 Å². The first-order valence-corrected chi connectivity index (χ1v) is 17.1. The number of unbranched alkanes of at least 4 members (excludes halogenated alkanes) is 5. The Morgan fingerprint density at radius 3 is 2.49 bits per heavy atom. The van der Waals surface area contributed by atoms with Gasteiger partial charge in [-0.3, -0.25) is 9.59 Å². The molecule has 0 aliphatic carbocycles. The van der Waals surface area contributed by atoms with Gasteiger partial charge >= 0.3 is 12.5 Å². The van der Waals surface area contributed by atoms with Crippen molar-refractivity contribution in [2.45, 2.75) is 77.1 Å². The summed E-state index contributed by atoms with van der Waals surface area (Å²) in [6, 6.07) is 11.2. The van der Waals surface area contributed by atoms with Gasteiger partial charge in [0.05, 0.1) is 11.8 Å². The van der Waals surface area contributed by atoms with Gasteiger partial charge in [0.1, 0.15) is 23.5 Å². The molecule has 0 bridgehead atoms. The van der Waals surface area contributed by atoms with Crippen LogP contribution in [0.4, 0.5) is 29.5 Å². The number of fused-ring (bicyclic) bond motifs is 2. The van der Waals surface area contributed by atoms with E-state index in [1.165, 1.54) is 24.5 Å². The van der Waals surface area contributed by atoms with Crippen molar-refractivity contribution in [2.75, 3.05) is 30.3 Å². The Morgan fingerprint density at radius 2 is 1.71 bits per heavy atom. The van der Waals surface area contributed by atoms with E-state index in [1.54, 1.807) is 11.0 Å². The van der Waals surface area contributed by atoms with Gasteiger partial charge in [0, 0.05) is 50.0 Å². The van der Waals surface area contributed by atoms with Crippen LogP contribution in [0.1, 0.15) is 62.5 Å². The first kappa shape index (κ1) is 36.9. The molecule has 0 radical (unpaired) electrons. The number of nitrogens with zero attached hydrogens (tertiary/aromatic N) is 4. The number of nitrogens with one attached hydrogen (secondary N) is 2. The SMILES string of the molecule is Nc1ncnc2c1c(-c1ccc3c(c1)CCN3C(=O)Cc1cccc(OC(F)(F)F)c1)cn2CCCNC(=O)CCCCCCCCNC(=O)O. The number of alkyl halides is 3. The lowest BCUT2D eigenvalue weighted by Crippen LogP contribution is -2.30. The molecule has 2 aromatic carbocycles. The molecule has 51 heavy (non-hydrogen) atoms. The normalized spacial score (nSPS) is 12.6. The van der Waals surface area contributed by atoms with E-state index in [9.17, 15) is 27.6 Å². The number of hydrogen-bond donors (Lipinski definition) is 4. The Morgan fingerprint density at radius 1 is 0.941 bits per heavy atom. The highest BCUT2D eigenvalue weighted by Gasteiger charge is 2.31. The summed E-state index contributed by atoms with van der Waals surface area (Å²) in [5, 5.41) is 14.6. The van der Waals surface area contributed by atoms with E-state index in [0.717, 1.165) is 60.9 Å². The maximum absolute atomic E-state index is 13.2. The third-order valence-corrected chi connectivity index (χ3v) is 8.76. The zero-order chi connectivity index (χ0) is 36.4. The molecule has 3 amide bonds. The molecule has 1 aliphatic heterocycles. The van der Waals surface area contributed by atoms with Crippen LogP contribution in [-0.4, -0.2) is 63.5 Å². The third-order valence-electron chi connectivity index (χ3n) is 8.76. The lowest BCUT2D eigenvalue weighted by molar-refractivity contribution is -0.274. The monoisotopic (exact) mass is 709 g/mol. The van der Waals surface area contributed by atoms with E-state index in [2.05, 4.69) is 25.3 Å². The van der Waals surface area contributed by atoms with Crippen LogP contribution in [-0.2, 0) is 29.0 Å². The minimum atomic E-state index is -4.82. The van der Waals surface area contributed by atoms with Gasteiger partial charge in [0.2, 0.25) is 11.8 Å². The first-order chi connectivity index (χ1) is 24.5. The zero-order valence-electron chi connectivity index (χ0n) is 28.2. The average molecular weight is 710 g/mol. The predicted molar refractivity (Wildman–Crippen MR) is 186 cm³/mol. The lowest BCUT2D eigenvalue weighted by Gasteiger charge is -2.18. The fourth-order valence-corrected chi connectivity index (χ4v) is 6.37. The number of carboxylic acid groups (broad SMARTS) is 1. The van der Waals surface area contributed by atoms with Crippen LogP contribution in [0.5, 0.6) is 5.75 Å². The molecule has 0 atom stereocenters. The molecule has 0 spiro atoms. The van der Waals surface area contributed by atoms with Gasteiger partial charge in [-0.15, -0.1) is 13.2 Å². The highest BCUT2D eigenvalue weighted by molar-refractivity contribution is 6.02. The standard InChI is InChI=1S/C36H42F3N7O5/c37-36(38,39)51-27-10-7-9-24(19-27)20-31(48)46-18-14-26-21-25(12-13-29(26)46)28-22-45(34-32(28)33(40)43-23-44-34)17-8-16-41-30(47)11-5-3-1-2-4-6-15-42-35(49)50/h7,9-10,12-13,19,21-23,42H,1-6,8,11,14-18,20H2,(H,41,47)(H,49,50)(H2,40,43,44). The van der Waals surface area contributed by atoms with E-state index in [0.29, 0.717) is 67.9 Å². The van der Waals surface area contributed by atoms with Crippen LogP contribution in [0, 0.1) is 0 Å². The molecule has 2 aromatic heterocycles. The first-order valence-electron chi connectivity index (χ1n) is 17.1. The maximum atomic E-state index is 13.2. The van der Waals surface area contributed by atoms with Crippen molar-refractivity contribution in [3.05, 3.63) is 66.1 Å². The number of carbonyl (C=O) groups is 3. The Labute approximate surface area is 293 Å². The molecule has 272 valence electrons. The minimum absolute atomic E-state index is 0.0138. The second-order valence-electron chi connectivity index (χ2n) is 12.5. The van der Waals surface area contributed by atoms with Crippen LogP contribution >= 0.6 is 0 Å². The van der Waals surface area contributed by atoms with Gasteiger partial charge in [-0.05, 0) is 66.6 Å². The number of nitrogen functional groups attached to an aromatic ring is 1. The van der Waals surface area contributed by atoms with Crippen molar-refractivity contribution in [1.29, 1.82) is 0 Å². The maximum Gasteiger partial charge on any atom is 0.573 e. The molecule has 0 saturated carbocycles. The van der Waals surface area contributed by atoms with Crippen LogP contribution in [0.3, 0.4) is 0 Å².